The van der Waals surface area contributed by atoms with Crippen molar-refractivity contribution in [2.45, 2.75) is 18.4 Å². The van der Waals surface area contributed by atoms with Crippen LogP contribution in [0.15, 0.2) is 30.3 Å². The molecule has 68 valence electrons. The summed E-state index contributed by atoms with van der Waals surface area (Å²) in [6.45, 7) is 0.947. The molecule has 1 fully saturated rings. The lowest BCUT2D eigenvalue weighted by Gasteiger charge is -2.13. The largest absolute Gasteiger partial charge is 0.307 e. The molecule has 0 spiro atoms. The lowest BCUT2D eigenvalue weighted by molar-refractivity contribution is -0.109. The predicted molar refractivity (Wildman–Crippen MR) is 51.7 cm³/mol. The van der Waals surface area contributed by atoms with Crippen molar-refractivity contribution in [2.24, 2.45) is 0 Å². The summed E-state index contributed by atoms with van der Waals surface area (Å²) in [7, 11) is 0. The van der Waals surface area contributed by atoms with E-state index in [0.29, 0.717) is 5.92 Å². The monoisotopic (exact) mass is 175 g/mol. The van der Waals surface area contributed by atoms with Crippen LogP contribution in [0.5, 0.6) is 0 Å². The molecule has 2 rings (SSSR count). The fraction of sp³-hybridized carbons (Fsp3) is 0.364. The number of hydrogen-bond acceptors (Lipinski definition) is 2. The van der Waals surface area contributed by atoms with Crippen LogP contribution in [0.2, 0.25) is 0 Å². The van der Waals surface area contributed by atoms with Gasteiger partial charge < -0.3 is 10.1 Å². The Balaban J connectivity index is 2.21. The van der Waals surface area contributed by atoms with Crippen molar-refractivity contribution in [1.82, 2.24) is 5.32 Å². The third-order valence-electron chi connectivity index (χ3n) is 2.64. The van der Waals surface area contributed by atoms with Crippen LogP contribution in [-0.2, 0) is 4.79 Å². The zero-order valence-corrected chi connectivity index (χ0v) is 7.44. The summed E-state index contributed by atoms with van der Waals surface area (Å²) >= 11 is 0. The van der Waals surface area contributed by atoms with E-state index in [1.807, 2.05) is 18.2 Å². The Morgan fingerprint density at radius 2 is 2.08 bits per heavy atom. The molecular formula is C11H13NO. The Labute approximate surface area is 78.0 Å². The first-order valence-corrected chi connectivity index (χ1v) is 4.65. The quantitative estimate of drug-likeness (QED) is 0.687. The average Bonchev–Trinajstić information content (AvgIpc) is 2.67. The first-order chi connectivity index (χ1) is 6.42. The molecule has 1 saturated heterocycles. The summed E-state index contributed by atoms with van der Waals surface area (Å²) < 4.78 is 0. The highest BCUT2D eigenvalue weighted by atomic mass is 16.1. The molecule has 0 radical (unpaired) electrons. The molecule has 0 aromatic heterocycles. The van der Waals surface area contributed by atoms with Gasteiger partial charge in [-0.25, -0.2) is 0 Å². The van der Waals surface area contributed by atoms with Crippen molar-refractivity contribution < 1.29 is 4.79 Å². The van der Waals surface area contributed by atoms with Crippen LogP contribution in [0.1, 0.15) is 17.9 Å². The van der Waals surface area contributed by atoms with Gasteiger partial charge in [-0.3, -0.25) is 0 Å². The molecule has 1 N–H and O–H groups in total. The van der Waals surface area contributed by atoms with Gasteiger partial charge in [-0.15, -0.1) is 0 Å². The van der Waals surface area contributed by atoms with Gasteiger partial charge in [-0.05, 0) is 18.5 Å². The molecule has 2 heteroatoms. The number of benzene rings is 1. The molecule has 1 aliphatic rings. The third-order valence-corrected chi connectivity index (χ3v) is 2.64. The molecule has 1 aromatic carbocycles. The maximum absolute atomic E-state index is 10.7. The predicted octanol–water partition coefficient (Wildman–Crippen LogP) is 1.33. The van der Waals surface area contributed by atoms with Gasteiger partial charge in [0.25, 0.3) is 0 Å². The summed E-state index contributed by atoms with van der Waals surface area (Å²) in [6.07, 6.45) is 2.08. The highest BCUT2D eigenvalue weighted by molar-refractivity contribution is 5.61. The molecule has 0 bridgehead atoms. The van der Waals surface area contributed by atoms with E-state index in [1.54, 1.807) is 0 Å². The summed E-state index contributed by atoms with van der Waals surface area (Å²) in [6, 6.07) is 10.2. The Hall–Kier alpha value is -1.15. The molecule has 0 amide bonds. The lowest BCUT2D eigenvalue weighted by Crippen LogP contribution is -2.27. The van der Waals surface area contributed by atoms with E-state index >= 15 is 0 Å². The van der Waals surface area contributed by atoms with Crippen LogP contribution in [0.3, 0.4) is 0 Å². The van der Waals surface area contributed by atoms with Gasteiger partial charge in [0.15, 0.2) is 0 Å². The molecule has 1 aromatic rings. The van der Waals surface area contributed by atoms with Crippen LogP contribution in [0, 0.1) is 0 Å². The topological polar surface area (TPSA) is 29.1 Å². The minimum atomic E-state index is 0.0161. The molecule has 0 aliphatic carbocycles. The molecule has 2 nitrogen and oxygen atoms in total. The summed E-state index contributed by atoms with van der Waals surface area (Å²) in [5, 5.41) is 3.19. The average molecular weight is 175 g/mol. The fourth-order valence-electron chi connectivity index (χ4n) is 1.94. The summed E-state index contributed by atoms with van der Waals surface area (Å²) in [5.41, 5.74) is 1.27. The Morgan fingerprint density at radius 1 is 1.31 bits per heavy atom. The highest BCUT2D eigenvalue weighted by Gasteiger charge is 2.27. The summed E-state index contributed by atoms with van der Waals surface area (Å²) in [5.74, 6) is 0.374. The number of carbonyl (C=O) groups excluding carboxylic acids is 1. The Kier molecular flexibility index (Phi) is 2.41. The number of rotatable bonds is 2. The Bertz CT molecular complexity index is 283. The van der Waals surface area contributed by atoms with Crippen molar-refractivity contribution in [3.8, 4) is 0 Å². The van der Waals surface area contributed by atoms with Gasteiger partial charge in [-0.2, -0.15) is 0 Å². The second-order valence-electron chi connectivity index (χ2n) is 3.42. The standard InChI is InChI=1S/C11H13NO/c13-8-11-10(6-7-12-11)9-4-2-1-3-5-9/h1-5,8,10-12H,6-7H2/t10?,11-/m0/s1. The molecule has 1 heterocycles. The van der Waals surface area contributed by atoms with Crippen molar-refractivity contribution >= 4 is 6.29 Å². The van der Waals surface area contributed by atoms with Gasteiger partial charge in [-0.1, -0.05) is 30.3 Å². The van der Waals surface area contributed by atoms with E-state index in [9.17, 15) is 4.79 Å². The fourth-order valence-corrected chi connectivity index (χ4v) is 1.94. The van der Waals surface area contributed by atoms with Crippen molar-refractivity contribution in [3.05, 3.63) is 35.9 Å². The SMILES string of the molecule is O=C[C@@H]1NCCC1c1ccccc1. The van der Waals surface area contributed by atoms with Crippen molar-refractivity contribution in [2.75, 3.05) is 6.54 Å². The van der Waals surface area contributed by atoms with E-state index in [2.05, 4.69) is 17.4 Å². The molecule has 2 atom stereocenters. The zero-order chi connectivity index (χ0) is 9.10. The third kappa shape index (κ3) is 1.63. The van der Waals surface area contributed by atoms with Crippen LogP contribution in [-0.4, -0.2) is 18.9 Å². The van der Waals surface area contributed by atoms with Gasteiger partial charge in [0.2, 0.25) is 0 Å². The lowest BCUT2D eigenvalue weighted by atomic mass is 9.93. The second-order valence-corrected chi connectivity index (χ2v) is 3.42. The summed E-state index contributed by atoms with van der Waals surface area (Å²) in [4.78, 5) is 10.7. The van der Waals surface area contributed by atoms with Gasteiger partial charge in [0.05, 0.1) is 6.04 Å². The van der Waals surface area contributed by atoms with Crippen molar-refractivity contribution in [1.29, 1.82) is 0 Å². The number of aldehydes is 1. The van der Waals surface area contributed by atoms with Gasteiger partial charge in [0.1, 0.15) is 6.29 Å². The molecule has 13 heavy (non-hydrogen) atoms. The first-order valence-electron chi connectivity index (χ1n) is 4.65. The van der Waals surface area contributed by atoms with E-state index in [4.69, 9.17) is 0 Å². The zero-order valence-electron chi connectivity index (χ0n) is 7.44. The minimum absolute atomic E-state index is 0.0161. The van der Waals surface area contributed by atoms with Gasteiger partial charge >= 0.3 is 0 Å². The molecule has 0 saturated carbocycles. The highest BCUT2D eigenvalue weighted by Crippen LogP contribution is 2.26. The van der Waals surface area contributed by atoms with Crippen LogP contribution >= 0.6 is 0 Å². The Morgan fingerprint density at radius 3 is 2.77 bits per heavy atom. The number of nitrogens with one attached hydrogen (secondary N) is 1. The van der Waals surface area contributed by atoms with Crippen molar-refractivity contribution in [3.63, 3.8) is 0 Å². The normalized spacial score (nSPS) is 27.4. The van der Waals surface area contributed by atoms with E-state index in [0.717, 1.165) is 19.3 Å². The van der Waals surface area contributed by atoms with E-state index < -0.39 is 0 Å². The molecule has 1 aliphatic heterocycles. The maximum Gasteiger partial charge on any atom is 0.137 e. The van der Waals surface area contributed by atoms with E-state index in [1.165, 1.54) is 5.56 Å². The number of carbonyl (C=O) groups is 1. The minimum Gasteiger partial charge on any atom is -0.307 e. The second kappa shape index (κ2) is 3.71. The molecular weight excluding hydrogens is 162 g/mol. The van der Waals surface area contributed by atoms with Crippen LogP contribution < -0.4 is 5.32 Å². The van der Waals surface area contributed by atoms with E-state index in [-0.39, 0.29) is 6.04 Å². The van der Waals surface area contributed by atoms with Crippen LogP contribution in [0.4, 0.5) is 0 Å². The van der Waals surface area contributed by atoms with Crippen LogP contribution in [0.25, 0.3) is 0 Å². The number of hydrogen-bond donors (Lipinski definition) is 1. The maximum atomic E-state index is 10.7. The van der Waals surface area contributed by atoms with Gasteiger partial charge in [0, 0.05) is 5.92 Å². The molecule has 1 unspecified atom stereocenters. The first kappa shape index (κ1) is 8.45. The smallest absolute Gasteiger partial charge is 0.137 e.